The molecular weight excluding hydrogens is 277 g/mol. The maximum absolute atomic E-state index is 13.1. The molecule has 1 aromatic carbocycles. The lowest BCUT2D eigenvalue weighted by Gasteiger charge is -2.30. The summed E-state index contributed by atoms with van der Waals surface area (Å²) in [4.78, 5) is 19.2. The molecule has 0 saturated carbocycles. The number of imidazole rings is 1. The molecule has 1 saturated heterocycles. The highest BCUT2D eigenvalue weighted by molar-refractivity contribution is 5.94. The van der Waals surface area contributed by atoms with Crippen LogP contribution in [0, 0.1) is 5.82 Å². The van der Waals surface area contributed by atoms with Crippen LogP contribution >= 0.6 is 0 Å². The number of hydrogen-bond acceptors (Lipinski definition) is 4. The van der Waals surface area contributed by atoms with Gasteiger partial charge in [0.05, 0.1) is 23.7 Å². The van der Waals surface area contributed by atoms with E-state index in [0.717, 1.165) is 0 Å². The SMILES string of the molecule is CO[C@@H]1COCC[C@H]1NC(=O)c1nc2ccc(F)cc2[nH]1. The Labute approximate surface area is 120 Å². The van der Waals surface area contributed by atoms with Crippen molar-refractivity contribution >= 4 is 16.9 Å². The van der Waals surface area contributed by atoms with Crippen LogP contribution < -0.4 is 5.32 Å². The number of nitrogens with zero attached hydrogens (tertiary/aromatic N) is 1. The molecule has 2 N–H and O–H groups in total. The standard InChI is InChI=1S/C14H16FN3O3/c1-20-12-7-21-5-4-10(12)18-14(19)13-16-9-3-2-8(15)6-11(9)17-13/h2-3,6,10,12H,4-5,7H2,1H3,(H,16,17)(H,18,19)/t10-,12-/m1/s1. The molecule has 1 aromatic heterocycles. The van der Waals surface area contributed by atoms with Crippen LogP contribution in [0.5, 0.6) is 0 Å². The molecule has 0 radical (unpaired) electrons. The second-order valence-corrected chi connectivity index (χ2v) is 4.96. The molecule has 6 nitrogen and oxygen atoms in total. The number of hydrogen-bond donors (Lipinski definition) is 2. The molecule has 2 atom stereocenters. The summed E-state index contributed by atoms with van der Waals surface area (Å²) >= 11 is 0. The largest absolute Gasteiger partial charge is 0.379 e. The minimum atomic E-state index is -0.373. The Bertz CT molecular complexity index is 658. The van der Waals surface area contributed by atoms with Crippen molar-refractivity contribution in [3.05, 3.63) is 29.8 Å². The topological polar surface area (TPSA) is 76.2 Å². The van der Waals surface area contributed by atoms with Crippen molar-refractivity contribution < 1.29 is 18.7 Å². The van der Waals surface area contributed by atoms with E-state index in [-0.39, 0.29) is 29.7 Å². The first-order valence-electron chi connectivity index (χ1n) is 6.74. The number of benzene rings is 1. The fourth-order valence-electron chi connectivity index (χ4n) is 2.44. The van der Waals surface area contributed by atoms with E-state index in [0.29, 0.717) is 30.7 Å². The van der Waals surface area contributed by atoms with Gasteiger partial charge >= 0.3 is 0 Å². The summed E-state index contributed by atoms with van der Waals surface area (Å²) in [5.74, 6) is -0.542. The lowest BCUT2D eigenvalue weighted by atomic mass is 10.1. The fraction of sp³-hybridized carbons (Fsp3) is 0.429. The van der Waals surface area contributed by atoms with E-state index in [4.69, 9.17) is 9.47 Å². The number of carbonyl (C=O) groups is 1. The Morgan fingerprint density at radius 2 is 2.43 bits per heavy atom. The number of amides is 1. The predicted octanol–water partition coefficient (Wildman–Crippen LogP) is 1.24. The predicted molar refractivity (Wildman–Crippen MR) is 73.5 cm³/mol. The van der Waals surface area contributed by atoms with Gasteiger partial charge in [0.15, 0.2) is 5.82 Å². The maximum Gasteiger partial charge on any atom is 0.287 e. The van der Waals surface area contributed by atoms with Crippen LogP contribution in [0.25, 0.3) is 11.0 Å². The molecule has 0 aliphatic carbocycles. The number of fused-ring (bicyclic) bond motifs is 1. The zero-order valence-corrected chi connectivity index (χ0v) is 11.6. The van der Waals surface area contributed by atoms with E-state index in [1.165, 1.54) is 18.2 Å². The number of halogens is 1. The number of H-pyrrole nitrogens is 1. The van der Waals surface area contributed by atoms with E-state index < -0.39 is 0 Å². The van der Waals surface area contributed by atoms with Gasteiger partial charge in [-0.1, -0.05) is 0 Å². The molecule has 21 heavy (non-hydrogen) atoms. The third kappa shape index (κ3) is 2.88. The van der Waals surface area contributed by atoms with Crippen molar-refractivity contribution in [3.63, 3.8) is 0 Å². The molecule has 1 aliphatic rings. The maximum atomic E-state index is 13.1. The highest BCUT2D eigenvalue weighted by Crippen LogP contribution is 2.14. The van der Waals surface area contributed by atoms with Gasteiger partial charge in [0.2, 0.25) is 0 Å². The van der Waals surface area contributed by atoms with Gasteiger partial charge in [-0.05, 0) is 24.6 Å². The summed E-state index contributed by atoms with van der Waals surface area (Å²) in [5.41, 5.74) is 1.05. The number of methoxy groups -OCH3 is 1. The van der Waals surface area contributed by atoms with Crippen LogP contribution in [-0.4, -0.2) is 48.3 Å². The van der Waals surface area contributed by atoms with E-state index in [2.05, 4.69) is 15.3 Å². The summed E-state index contributed by atoms with van der Waals surface area (Å²) in [7, 11) is 1.59. The molecule has 112 valence electrons. The van der Waals surface area contributed by atoms with Gasteiger partial charge in [-0.3, -0.25) is 4.79 Å². The molecule has 3 rings (SSSR count). The Morgan fingerprint density at radius 1 is 1.57 bits per heavy atom. The monoisotopic (exact) mass is 293 g/mol. The first-order valence-corrected chi connectivity index (χ1v) is 6.74. The third-order valence-electron chi connectivity index (χ3n) is 3.58. The van der Waals surface area contributed by atoms with Gasteiger partial charge < -0.3 is 19.8 Å². The first kappa shape index (κ1) is 14.0. The second kappa shape index (κ2) is 5.79. The summed E-state index contributed by atoms with van der Waals surface area (Å²) < 4.78 is 23.7. The van der Waals surface area contributed by atoms with Crippen LogP contribution in [0.2, 0.25) is 0 Å². The molecule has 0 bridgehead atoms. The van der Waals surface area contributed by atoms with Crippen LogP contribution in [0.15, 0.2) is 18.2 Å². The van der Waals surface area contributed by atoms with E-state index in [1.807, 2.05) is 0 Å². The normalized spacial score (nSPS) is 22.4. The van der Waals surface area contributed by atoms with Crippen molar-refractivity contribution in [1.82, 2.24) is 15.3 Å². The zero-order valence-electron chi connectivity index (χ0n) is 11.6. The Balaban J connectivity index is 1.77. The van der Waals surface area contributed by atoms with Crippen LogP contribution in [-0.2, 0) is 9.47 Å². The Hall–Kier alpha value is -1.99. The van der Waals surface area contributed by atoms with Gasteiger partial charge in [-0.15, -0.1) is 0 Å². The first-order chi connectivity index (χ1) is 10.2. The molecule has 2 aromatic rings. The summed E-state index contributed by atoms with van der Waals surface area (Å²) in [6.07, 6.45) is 0.503. The van der Waals surface area contributed by atoms with Gasteiger partial charge in [-0.2, -0.15) is 0 Å². The van der Waals surface area contributed by atoms with Gasteiger partial charge in [0, 0.05) is 13.7 Å². The zero-order chi connectivity index (χ0) is 14.8. The van der Waals surface area contributed by atoms with E-state index >= 15 is 0 Å². The van der Waals surface area contributed by atoms with Crippen molar-refractivity contribution in [1.29, 1.82) is 0 Å². The van der Waals surface area contributed by atoms with Crippen molar-refractivity contribution in [3.8, 4) is 0 Å². The highest BCUT2D eigenvalue weighted by atomic mass is 19.1. The molecule has 1 fully saturated rings. The van der Waals surface area contributed by atoms with Crippen LogP contribution in [0.4, 0.5) is 4.39 Å². The molecule has 7 heteroatoms. The number of aromatic amines is 1. The van der Waals surface area contributed by atoms with Crippen molar-refractivity contribution in [2.75, 3.05) is 20.3 Å². The van der Waals surface area contributed by atoms with Gasteiger partial charge in [0.25, 0.3) is 5.91 Å². The molecule has 0 spiro atoms. The third-order valence-corrected chi connectivity index (χ3v) is 3.58. The molecule has 2 heterocycles. The fourth-order valence-corrected chi connectivity index (χ4v) is 2.44. The van der Waals surface area contributed by atoms with Crippen LogP contribution in [0.1, 0.15) is 17.0 Å². The van der Waals surface area contributed by atoms with Crippen molar-refractivity contribution in [2.24, 2.45) is 0 Å². The quantitative estimate of drug-likeness (QED) is 0.892. The Kier molecular flexibility index (Phi) is 3.85. The second-order valence-electron chi connectivity index (χ2n) is 4.96. The number of rotatable bonds is 3. The summed E-state index contributed by atoms with van der Waals surface area (Å²) in [6, 6.07) is 4.03. The van der Waals surface area contributed by atoms with E-state index in [1.54, 1.807) is 7.11 Å². The van der Waals surface area contributed by atoms with E-state index in [9.17, 15) is 9.18 Å². The summed E-state index contributed by atoms with van der Waals surface area (Å²) in [6.45, 7) is 1.03. The van der Waals surface area contributed by atoms with Crippen molar-refractivity contribution in [2.45, 2.75) is 18.6 Å². The number of nitrogens with one attached hydrogen (secondary N) is 2. The highest BCUT2D eigenvalue weighted by Gasteiger charge is 2.28. The number of carbonyl (C=O) groups excluding carboxylic acids is 1. The number of aromatic nitrogens is 2. The molecule has 1 aliphatic heterocycles. The smallest absolute Gasteiger partial charge is 0.287 e. The van der Waals surface area contributed by atoms with Gasteiger partial charge in [0.1, 0.15) is 11.9 Å². The molecular formula is C14H16FN3O3. The summed E-state index contributed by atoms with van der Waals surface area (Å²) in [5, 5.41) is 2.88. The molecule has 1 amide bonds. The lowest BCUT2D eigenvalue weighted by molar-refractivity contribution is -0.0479. The minimum absolute atomic E-state index is 0.124. The van der Waals surface area contributed by atoms with Gasteiger partial charge in [-0.25, -0.2) is 9.37 Å². The van der Waals surface area contributed by atoms with Crippen LogP contribution in [0.3, 0.4) is 0 Å². The Morgan fingerprint density at radius 3 is 3.24 bits per heavy atom. The minimum Gasteiger partial charge on any atom is -0.379 e. The lowest BCUT2D eigenvalue weighted by Crippen LogP contribution is -2.49. The number of ether oxygens (including phenoxy) is 2. The average Bonchev–Trinajstić information content (AvgIpc) is 2.91. The average molecular weight is 293 g/mol. The molecule has 0 unspecified atom stereocenters.